The van der Waals surface area contributed by atoms with Crippen molar-refractivity contribution in [2.45, 2.75) is 77.6 Å². The van der Waals surface area contributed by atoms with Crippen LogP contribution in [-0.2, 0) is 19.0 Å². The molecule has 0 aromatic heterocycles. The van der Waals surface area contributed by atoms with Gasteiger partial charge in [0.2, 0.25) is 0 Å². The number of rotatable bonds is 11. The predicted molar refractivity (Wildman–Crippen MR) is 86.5 cm³/mol. The van der Waals surface area contributed by atoms with Crippen molar-refractivity contribution in [1.82, 2.24) is 0 Å². The van der Waals surface area contributed by atoms with Crippen LogP contribution in [0.5, 0.6) is 0 Å². The van der Waals surface area contributed by atoms with Gasteiger partial charge in [-0.3, -0.25) is 0 Å². The average Bonchev–Trinajstić information content (AvgIpc) is 2.43. The monoisotopic (exact) mass is 316 g/mol. The minimum atomic E-state index is -1.09. The standard InChI is InChI=1S/C17H32O5/c1-7-8-9-10-11-14(21-12-20-6)15(18)13(2)16(19)22-17(3,4)5/h14-15,18H,2,7-12H2,1,3-6H3. The number of carbonyl (C=O) groups is 1. The molecule has 0 aromatic carbocycles. The van der Waals surface area contributed by atoms with Crippen LogP contribution in [0.4, 0.5) is 0 Å². The van der Waals surface area contributed by atoms with Crippen LogP contribution in [0.2, 0.25) is 0 Å². The van der Waals surface area contributed by atoms with E-state index in [0.29, 0.717) is 6.42 Å². The first-order chi connectivity index (χ1) is 10.2. The van der Waals surface area contributed by atoms with E-state index < -0.39 is 23.8 Å². The van der Waals surface area contributed by atoms with Gasteiger partial charge < -0.3 is 19.3 Å². The highest BCUT2D eigenvalue weighted by Crippen LogP contribution is 2.19. The van der Waals surface area contributed by atoms with Gasteiger partial charge in [0.25, 0.3) is 0 Å². The molecule has 0 saturated carbocycles. The van der Waals surface area contributed by atoms with Crippen LogP contribution in [0.25, 0.3) is 0 Å². The summed E-state index contributed by atoms with van der Waals surface area (Å²) < 4.78 is 15.6. The summed E-state index contributed by atoms with van der Waals surface area (Å²) in [4.78, 5) is 12.0. The number of aliphatic hydroxyl groups is 1. The second kappa shape index (κ2) is 10.8. The predicted octanol–water partition coefficient (Wildman–Crippen LogP) is 3.20. The van der Waals surface area contributed by atoms with Gasteiger partial charge >= 0.3 is 5.97 Å². The Balaban J connectivity index is 4.60. The highest BCUT2D eigenvalue weighted by atomic mass is 16.7. The Kier molecular flexibility index (Phi) is 10.3. The largest absolute Gasteiger partial charge is 0.457 e. The molecule has 0 aromatic rings. The number of unbranched alkanes of at least 4 members (excludes halogenated alkanes) is 3. The maximum absolute atomic E-state index is 12.0. The Bertz CT molecular complexity index is 332. The Morgan fingerprint density at radius 1 is 1.23 bits per heavy atom. The molecule has 130 valence electrons. The zero-order valence-corrected chi connectivity index (χ0v) is 14.7. The van der Waals surface area contributed by atoms with Gasteiger partial charge in [-0.05, 0) is 27.2 Å². The topological polar surface area (TPSA) is 65.0 Å². The van der Waals surface area contributed by atoms with Crippen molar-refractivity contribution in [2.24, 2.45) is 0 Å². The third-order valence-corrected chi connectivity index (χ3v) is 3.11. The summed E-state index contributed by atoms with van der Waals surface area (Å²) in [5.41, 5.74) is -0.601. The molecule has 0 radical (unpaired) electrons. The molecule has 0 bridgehead atoms. The molecule has 0 rings (SSSR count). The van der Waals surface area contributed by atoms with Crippen molar-refractivity contribution in [2.75, 3.05) is 13.9 Å². The van der Waals surface area contributed by atoms with Crippen molar-refractivity contribution in [1.29, 1.82) is 0 Å². The lowest BCUT2D eigenvalue weighted by Gasteiger charge is -2.26. The molecule has 22 heavy (non-hydrogen) atoms. The maximum Gasteiger partial charge on any atom is 0.336 e. The second-order valence-corrected chi connectivity index (χ2v) is 6.43. The van der Waals surface area contributed by atoms with Crippen LogP contribution >= 0.6 is 0 Å². The van der Waals surface area contributed by atoms with Crippen molar-refractivity contribution in [3.8, 4) is 0 Å². The summed E-state index contributed by atoms with van der Waals surface area (Å²) in [5, 5.41) is 10.3. The zero-order valence-electron chi connectivity index (χ0n) is 14.7. The molecule has 1 N–H and O–H groups in total. The van der Waals surface area contributed by atoms with E-state index in [2.05, 4.69) is 13.5 Å². The van der Waals surface area contributed by atoms with E-state index in [4.69, 9.17) is 14.2 Å². The van der Waals surface area contributed by atoms with Crippen LogP contribution in [-0.4, -0.2) is 42.8 Å². The molecule has 0 amide bonds. The number of esters is 1. The van der Waals surface area contributed by atoms with E-state index in [0.717, 1.165) is 25.7 Å². The van der Waals surface area contributed by atoms with Crippen molar-refractivity contribution < 1.29 is 24.1 Å². The van der Waals surface area contributed by atoms with Gasteiger partial charge in [0.15, 0.2) is 0 Å². The summed E-state index contributed by atoms with van der Waals surface area (Å²) in [6, 6.07) is 0. The number of methoxy groups -OCH3 is 1. The average molecular weight is 316 g/mol. The minimum absolute atomic E-state index is 0.0199. The Hall–Kier alpha value is -0.910. The van der Waals surface area contributed by atoms with Crippen molar-refractivity contribution in [3.63, 3.8) is 0 Å². The first-order valence-electron chi connectivity index (χ1n) is 7.93. The number of ether oxygens (including phenoxy) is 3. The molecular formula is C17H32O5. The zero-order chi connectivity index (χ0) is 17.2. The minimum Gasteiger partial charge on any atom is -0.457 e. The van der Waals surface area contributed by atoms with Crippen molar-refractivity contribution >= 4 is 5.97 Å². The molecule has 5 nitrogen and oxygen atoms in total. The fourth-order valence-corrected chi connectivity index (χ4v) is 1.95. The van der Waals surface area contributed by atoms with Gasteiger partial charge in [0.1, 0.15) is 18.5 Å². The smallest absolute Gasteiger partial charge is 0.336 e. The third-order valence-electron chi connectivity index (χ3n) is 3.11. The Morgan fingerprint density at radius 2 is 1.86 bits per heavy atom. The molecule has 2 unspecified atom stereocenters. The number of carbonyl (C=O) groups excluding carboxylic acids is 1. The lowest BCUT2D eigenvalue weighted by atomic mass is 10.00. The summed E-state index contributed by atoms with van der Waals surface area (Å²) in [6.07, 6.45) is 3.29. The Labute approximate surface area is 134 Å². The quantitative estimate of drug-likeness (QED) is 0.274. The molecule has 0 spiro atoms. The maximum atomic E-state index is 12.0. The fourth-order valence-electron chi connectivity index (χ4n) is 1.95. The molecular weight excluding hydrogens is 284 g/mol. The van der Waals surface area contributed by atoms with Crippen LogP contribution in [0.1, 0.15) is 59.8 Å². The summed E-state index contributed by atoms with van der Waals surface area (Å²) in [5.74, 6) is -0.598. The van der Waals surface area contributed by atoms with Gasteiger partial charge in [-0.15, -0.1) is 0 Å². The lowest BCUT2D eigenvalue weighted by molar-refractivity contribution is -0.154. The second-order valence-electron chi connectivity index (χ2n) is 6.43. The van der Waals surface area contributed by atoms with Gasteiger partial charge in [-0.1, -0.05) is 39.2 Å². The summed E-state index contributed by atoms with van der Waals surface area (Å²) in [7, 11) is 1.52. The van der Waals surface area contributed by atoms with Gasteiger partial charge in [0, 0.05) is 7.11 Å². The van der Waals surface area contributed by atoms with Crippen molar-refractivity contribution in [3.05, 3.63) is 12.2 Å². The molecule has 0 heterocycles. The Morgan fingerprint density at radius 3 is 2.36 bits per heavy atom. The first kappa shape index (κ1) is 21.1. The van der Waals surface area contributed by atoms with E-state index in [1.807, 2.05) is 0 Å². The molecule has 0 aliphatic carbocycles. The van der Waals surface area contributed by atoms with E-state index in [-0.39, 0.29) is 12.4 Å². The van der Waals surface area contributed by atoms with E-state index in [1.54, 1.807) is 20.8 Å². The first-order valence-corrected chi connectivity index (χ1v) is 7.93. The van der Waals surface area contributed by atoms with Gasteiger partial charge in [-0.2, -0.15) is 0 Å². The van der Waals surface area contributed by atoms with E-state index in [9.17, 15) is 9.90 Å². The van der Waals surface area contributed by atoms with Gasteiger partial charge in [0.05, 0.1) is 11.7 Å². The highest BCUT2D eigenvalue weighted by Gasteiger charge is 2.29. The highest BCUT2D eigenvalue weighted by molar-refractivity contribution is 5.89. The molecule has 0 saturated heterocycles. The number of hydrogen-bond donors (Lipinski definition) is 1. The van der Waals surface area contributed by atoms with E-state index in [1.165, 1.54) is 7.11 Å². The fraction of sp³-hybridized carbons (Fsp3) is 0.824. The van der Waals surface area contributed by atoms with E-state index >= 15 is 0 Å². The molecule has 0 aliphatic rings. The molecule has 0 fully saturated rings. The molecule has 0 aliphatic heterocycles. The van der Waals surface area contributed by atoms with Gasteiger partial charge in [-0.25, -0.2) is 4.79 Å². The normalized spacial score (nSPS) is 14.5. The number of hydrogen-bond acceptors (Lipinski definition) is 5. The summed E-state index contributed by atoms with van der Waals surface area (Å²) in [6.45, 7) is 11.2. The third kappa shape index (κ3) is 9.18. The number of aliphatic hydroxyl groups excluding tert-OH is 1. The SMILES string of the molecule is C=C(C(=O)OC(C)(C)C)C(O)C(CCCCCC)OCOC. The van der Waals surface area contributed by atoms with Crippen LogP contribution in [0.15, 0.2) is 12.2 Å². The molecule has 5 heteroatoms. The van der Waals surface area contributed by atoms with Crippen LogP contribution in [0, 0.1) is 0 Å². The lowest BCUT2D eigenvalue weighted by Crippen LogP contribution is -2.36. The van der Waals surface area contributed by atoms with Crippen LogP contribution < -0.4 is 0 Å². The van der Waals surface area contributed by atoms with Crippen LogP contribution in [0.3, 0.4) is 0 Å². The molecule has 2 atom stereocenters. The summed E-state index contributed by atoms with van der Waals surface area (Å²) >= 11 is 0.